The summed E-state index contributed by atoms with van der Waals surface area (Å²) in [5, 5.41) is 2.77. The SMILES string of the molecule is CCCCN1C(=O)c2ccc(C(=O)NCc3ccc(S(=O)(=O)N4CCOCC4)cc3)cc2C1=O. The van der Waals surface area contributed by atoms with Gasteiger partial charge in [-0.05, 0) is 42.3 Å². The van der Waals surface area contributed by atoms with Crippen LogP contribution in [0, 0.1) is 0 Å². The zero-order valence-electron chi connectivity index (χ0n) is 19.0. The average molecular weight is 486 g/mol. The molecule has 9 nitrogen and oxygen atoms in total. The highest BCUT2D eigenvalue weighted by Gasteiger charge is 2.35. The summed E-state index contributed by atoms with van der Waals surface area (Å²) in [6, 6.07) is 10.9. The van der Waals surface area contributed by atoms with Gasteiger partial charge >= 0.3 is 0 Å². The van der Waals surface area contributed by atoms with E-state index in [-0.39, 0.29) is 40.3 Å². The molecule has 34 heavy (non-hydrogen) atoms. The van der Waals surface area contributed by atoms with Crippen LogP contribution >= 0.6 is 0 Å². The molecule has 2 aromatic rings. The van der Waals surface area contributed by atoms with Crippen LogP contribution in [0.1, 0.15) is 56.4 Å². The molecular weight excluding hydrogens is 458 g/mol. The minimum absolute atomic E-state index is 0.184. The average Bonchev–Trinajstić information content (AvgIpc) is 3.10. The third-order valence-electron chi connectivity index (χ3n) is 5.95. The number of carbonyl (C=O) groups is 3. The number of nitrogens with one attached hydrogen (secondary N) is 1. The van der Waals surface area contributed by atoms with Gasteiger partial charge in [-0.25, -0.2) is 8.42 Å². The molecule has 4 rings (SSSR count). The van der Waals surface area contributed by atoms with Gasteiger partial charge in [0.2, 0.25) is 10.0 Å². The molecule has 0 aromatic heterocycles. The minimum atomic E-state index is -3.58. The number of nitrogens with zero attached hydrogens (tertiary/aromatic N) is 2. The summed E-state index contributed by atoms with van der Waals surface area (Å²) in [6.45, 7) is 3.93. The van der Waals surface area contributed by atoms with E-state index >= 15 is 0 Å². The van der Waals surface area contributed by atoms with Crippen molar-refractivity contribution in [3.05, 3.63) is 64.7 Å². The molecule has 2 heterocycles. The van der Waals surface area contributed by atoms with Gasteiger partial charge in [0.25, 0.3) is 17.7 Å². The molecular formula is C24H27N3O6S. The third kappa shape index (κ3) is 4.75. The highest BCUT2D eigenvalue weighted by atomic mass is 32.2. The second-order valence-corrected chi connectivity index (χ2v) is 10.2. The van der Waals surface area contributed by atoms with Gasteiger partial charge < -0.3 is 10.1 Å². The van der Waals surface area contributed by atoms with Gasteiger partial charge in [-0.1, -0.05) is 25.5 Å². The molecule has 3 amide bonds. The highest BCUT2D eigenvalue weighted by molar-refractivity contribution is 7.89. The fraction of sp³-hybridized carbons (Fsp3) is 0.375. The Morgan fingerprint density at radius 1 is 1.00 bits per heavy atom. The summed E-state index contributed by atoms with van der Waals surface area (Å²) < 4.78 is 32.1. The van der Waals surface area contributed by atoms with Crippen molar-refractivity contribution >= 4 is 27.7 Å². The molecule has 0 spiro atoms. The smallest absolute Gasteiger partial charge is 0.261 e. The van der Waals surface area contributed by atoms with Gasteiger partial charge in [0, 0.05) is 31.7 Å². The van der Waals surface area contributed by atoms with Gasteiger partial charge in [0.1, 0.15) is 0 Å². The van der Waals surface area contributed by atoms with Crippen LogP contribution in [-0.2, 0) is 21.3 Å². The van der Waals surface area contributed by atoms with E-state index in [9.17, 15) is 22.8 Å². The molecule has 1 N–H and O–H groups in total. The quantitative estimate of drug-likeness (QED) is 0.573. The number of hydrogen-bond acceptors (Lipinski definition) is 6. The maximum Gasteiger partial charge on any atom is 0.261 e. The Morgan fingerprint density at radius 2 is 1.68 bits per heavy atom. The first-order valence-electron chi connectivity index (χ1n) is 11.3. The van der Waals surface area contributed by atoms with E-state index in [2.05, 4.69) is 5.32 Å². The summed E-state index contributed by atoms with van der Waals surface area (Å²) in [7, 11) is -3.58. The predicted molar refractivity (Wildman–Crippen MR) is 124 cm³/mol. The topological polar surface area (TPSA) is 113 Å². The maximum atomic E-state index is 12.7. The number of benzene rings is 2. The number of hydrogen-bond donors (Lipinski definition) is 1. The van der Waals surface area contributed by atoms with Crippen LogP contribution in [0.2, 0.25) is 0 Å². The first-order chi connectivity index (χ1) is 16.3. The van der Waals surface area contributed by atoms with Crippen molar-refractivity contribution in [2.24, 2.45) is 0 Å². The maximum absolute atomic E-state index is 12.7. The Bertz CT molecular complexity index is 1200. The Balaban J connectivity index is 1.40. The lowest BCUT2D eigenvalue weighted by molar-refractivity contribution is 0.0652. The largest absolute Gasteiger partial charge is 0.379 e. The number of amides is 3. The molecule has 0 bridgehead atoms. The Labute approximate surface area is 198 Å². The lowest BCUT2D eigenvalue weighted by Gasteiger charge is -2.26. The number of imide groups is 1. The summed E-state index contributed by atoms with van der Waals surface area (Å²) >= 11 is 0. The monoisotopic (exact) mass is 485 g/mol. The van der Waals surface area contributed by atoms with Crippen molar-refractivity contribution in [2.75, 3.05) is 32.8 Å². The standard InChI is InChI=1S/C24H27N3O6S/c1-2-3-10-27-23(29)20-9-6-18(15-21(20)24(27)30)22(28)25-16-17-4-7-19(8-5-17)34(31,32)26-11-13-33-14-12-26/h4-9,15H,2-3,10-14,16H2,1H3,(H,25,28). The van der Waals surface area contributed by atoms with Crippen LogP contribution in [0.3, 0.4) is 0 Å². The van der Waals surface area contributed by atoms with Crippen molar-refractivity contribution in [2.45, 2.75) is 31.2 Å². The molecule has 0 atom stereocenters. The molecule has 0 saturated carbocycles. The van der Waals surface area contributed by atoms with Crippen LogP contribution < -0.4 is 5.32 Å². The van der Waals surface area contributed by atoms with Gasteiger partial charge in [0.15, 0.2) is 0 Å². The van der Waals surface area contributed by atoms with E-state index in [0.717, 1.165) is 18.4 Å². The van der Waals surface area contributed by atoms with E-state index in [0.29, 0.717) is 38.4 Å². The number of sulfonamides is 1. The first-order valence-corrected chi connectivity index (χ1v) is 12.7. The first kappa shape index (κ1) is 24.1. The number of morpholine rings is 1. The second kappa shape index (κ2) is 10.0. The molecule has 1 saturated heterocycles. The van der Waals surface area contributed by atoms with Crippen molar-refractivity contribution in [3.63, 3.8) is 0 Å². The normalized spacial score (nSPS) is 16.6. The summed E-state index contributed by atoms with van der Waals surface area (Å²) in [4.78, 5) is 39.1. The fourth-order valence-corrected chi connectivity index (χ4v) is 5.36. The van der Waals surface area contributed by atoms with Crippen molar-refractivity contribution in [1.29, 1.82) is 0 Å². The van der Waals surface area contributed by atoms with E-state index < -0.39 is 10.0 Å². The Morgan fingerprint density at radius 3 is 2.35 bits per heavy atom. The Kier molecular flexibility index (Phi) is 7.11. The fourth-order valence-electron chi connectivity index (χ4n) is 3.95. The molecule has 0 radical (unpaired) electrons. The van der Waals surface area contributed by atoms with Crippen LogP contribution in [0.5, 0.6) is 0 Å². The zero-order chi connectivity index (χ0) is 24.3. The Hall–Kier alpha value is -3.08. The molecule has 2 aliphatic heterocycles. The van der Waals surface area contributed by atoms with Gasteiger partial charge in [-0.3, -0.25) is 19.3 Å². The molecule has 10 heteroatoms. The number of carbonyl (C=O) groups excluding carboxylic acids is 3. The number of rotatable bonds is 8. The molecule has 2 aromatic carbocycles. The van der Waals surface area contributed by atoms with Gasteiger partial charge in [-0.15, -0.1) is 0 Å². The second-order valence-electron chi connectivity index (χ2n) is 8.22. The van der Waals surface area contributed by atoms with E-state index in [1.807, 2.05) is 6.92 Å². The van der Waals surface area contributed by atoms with Crippen LogP contribution in [0.15, 0.2) is 47.4 Å². The van der Waals surface area contributed by atoms with Crippen molar-refractivity contribution < 1.29 is 27.5 Å². The number of fused-ring (bicyclic) bond motifs is 1. The van der Waals surface area contributed by atoms with E-state index in [1.165, 1.54) is 39.5 Å². The van der Waals surface area contributed by atoms with E-state index in [4.69, 9.17) is 4.74 Å². The number of unbranched alkanes of at least 4 members (excludes halogenated alkanes) is 1. The molecule has 2 aliphatic rings. The van der Waals surface area contributed by atoms with Gasteiger partial charge in [0.05, 0.1) is 29.2 Å². The van der Waals surface area contributed by atoms with Crippen molar-refractivity contribution in [1.82, 2.24) is 14.5 Å². The number of ether oxygens (including phenoxy) is 1. The summed E-state index contributed by atoms with van der Waals surface area (Å²) in [5.41, 5.74) is 1.57. The van der Waals surface area contributed by atoms with E-state index in [1.54, 1.807) is 12.1 Å². The minimum Gasteiger partial charge on any atom is -0.379 e. The third-order valence-corrected chi connectivity index (χ3v) is 7.87. The van der Waals surface area contributed by atoms with Crippen LogP contribution in [0.4, 0.5) is 0 Å². The summed E-state index contributed by atoms with van der Waals surface area (Å²) in [5.74, 6) is -1.09. The van der Waals surface area contributed by atoms with Crippen LogP contribution in [0.25, 0.3) is 0 Å². The lowest BCUT2D eigenvalue weighted by Crippen LogP contribution is -2.40. The summed E-state index contributed by atoms with van der Waals surface area (Å²) in [6.07, 6.45) is 1.59. The lowest BCUT2D eigenvalue weighted by atomic mass is 10.1. The molecule has 180 valence electrons. The zero-order valence-corrected chi connectivity index (χ0v) is 19.8. The van der Waals surface area contributed by atoms with Crippen molar-refractivity contribution in [3.8, 4) is 0 Å². The predicted octanol–water partition coefficient (Wildman–Crippen LogP) is 2.03. The van der Waals surface area contributed by atoms with Gasteiger partial charge in [-0.2, -0.15) is 4.31 Å². The highest BCUT2D eigenvalue weighted by Crippen LogP contribution is 2.24. The van der Waals surface area contributed by atoms with Crippen LogP contribution in [-0.4, -0.2) is 68.2 Å². The molecule has 1 fully saturated rings. The molecule has 0 unspecified atom stereocenters. The molecule has 0 aliphatic carbocycles.